The van der Waals surface area contributed by atoms with Crippen molar-refractivity contribution in [1.29, 1.82) is 0 Å². The van der Waals surface area contributed by atoms with Gasteiger partial charge in [-0.3, -0.25) is 0 Å². The Labute approximate surface area is 138 Å². The summed E-state index contributed by atoms with van der Waals surface area (Å²) in [7, 11) is 1.65. The van der Waals surface area contributed by atoms with Gasteiger partial charge in [0.2, 0.25) is 5.69 Å². The molecule has 1 aromatic carbocycles. The molecule has 0 atom stereocenters. The van der Waals surface area contributed by atoms with Gasteiger partial charge in [0.15, 0.2) is 11.4 Å². The number of rotatable bonds is 2. The minimum atomic E-state index is 0.259. The Balaban J connectivity index is 2.39. The summed E-state index contributed by atoms with van der Waals surface area (Å²) in [6.07, 6.45) is 0. The van der Waals surface area contributed by atoms with Gasteiger partial charge in [-0.25, -0.2) is 0 Å². The molecule has 0 saturated heterocycles. The topological polar surface area (TPSA) is 33.3 Å². The van der Waals surface area contributed by atoms with Gasteiger partial charge in [0, 0.05) is 30.5 Å². The molecule has 0 saturated carbocycles. The SMILES string of the molecule is COc1cccc(O)c2c(C)[n+](-c3ccc(Br)cc3)c(C)c1-2. The Morgan fingerprint density at radius 1 is 0.955 bits per heavy atom. The Hall–Kier alpha value is -2.07. The first-order valence-electron chi connectivity index (χ1n) is 7.01. The molecule has 1 N–H and O–H groups in total. The fourth-order valence-corrected chi connectivity index (χ4v) is 3.26. The average Bonchev–Trinajstić information content (AvgIpc) is 2.66. The number of hydrogen-bond donors (Lipinski definition) is 1. The average molecular weight is 359 g/mol. The third kappa shape index (κ3) is 2.24. The van der Waals surface area contributed by atoms with E-state index in [0.717, 1.165) is 38.4 Å². The zero-order chi connectivity index (χ0) is 15.9. The van der Waals surface area contributed by atoms with Crippen LogP contribution in [0.15, 0.2) is 46.9 Å². The van der Waals surface area contributed by atoms with Gasteiger partial charge in [0.1, 0.15) is 22.6 Å². The third-order valence-corrected chi connectivity index (χ3v) is 4.48. The van der Waals surface area contributed by atoms with E-state index in [1.807, 2.05) is 44.2 Å². The van der Waals surface area contributed by atoms with Crippen LogP contribution in [-0.4, -0.2) is 12.2 Å². The lowest BCUT2D eigenvalue weighted by Crippen LogP contribution is -2.34. The van der Waals surface area contributed by atoms with Gasteiger partial charge < -0.3 is 9.84 Å². The van der Waals surface area contributed by atoms with Crippen LogP contribution in [0.25, 0.3) is 16.8 Å². The smallest absolute Gasteiger partial charge is 0.211 e. The van der Waals surface area contributed by atoms with E-state index in [1.54, 1.807) is 19.2 Å². The lowest BCUT2D eigenvalue weighted by atomic mass is 10.1. The fourth-order valence-electron chi connectivity index (χ4n) is 2.99. The predicted octanol–water partition coefficient (Wildman–Crippen LogP) is 4.16. The molecule has 3 rings (SSSR count). The Kier molecular flexibility index (Phi) is 3.79. The molecule has 22 heavy (non-hydrogen) atoms. The van der Waals surface area contributed by atoms with Crippen LogP contribution < -0.4 is 9.30 Å². The van der Waals surface area contributed by atoms with Crippen molar-refractivity contribution >= 4 is 15.9 Å². The van der Waals surface area contributed by atoms with Crippen molar-refractivity contribution in [1.82, 2.24) is 0 Å². The van der Waals surface area contributed by atoms with Gasteiger partial charge in [0.25, 0.3) is 0 Å². The number of benzene rings is 1. The summed E-state index contributed by atoms with van der Waals surface area (Å²) in [5, 5.41) is 10.4. The van der Waals surface area contributed by atoms with Crippen molar-refractivity contribution in [3.8, 4) is 28.3 Å². The molecule has 1 aliphatic carbocycles. The minimum Gasteiger partial charge on any atom is -0.507 e. The zero-order valence-electron chi connectivity index (χ0n) is 12.7. The first kappa shape index (κ1) is 14.9. The van der Waals surface area contributed by atoms with Crippen LogP contribution in [0.5, 0.6) is 11.5 Å². The number of methoxy groups -OCH3 is 1. The molecule has 0 aromatic heterocycles. The van der Waals surface area contributed by atoms with Crippen LogP contribution in [0.2, 0.25) is 0 Å². The van der Waals surface area contributed by atoms with Crippen molar-refractivity contribution in [2.24, 2.45) is 0 Å². The maximum atomic E-state index is 10.4. The van der Waals surface area contributed by atoms with E-state index < -0.39 is 0 Å². The molecule has 3 nitrogen and oxygen atoms in total. The second-order valence-electron chi connectivity index (χ2n) is 5.21. The largest absolute Gasteiger partial charge is 0.507 e. The standard InChI is InChI=1S/C18H16BrNO2/c1-11-17-15(21)5-4-6-16(22-3)18(17)12(2)20(11)14-9-7-13(19)8-10-14/h4-10H,1-3H3/p+1. The first-order chi connectivity index (χ1) is 10.5. The highest BCUT2D eigenvalue weighted by molar-refractivity contribution is 9.10. The van der Waals surface area contributed by atoms with E-state index >= 15 is 0 Å². The van der Waals surface area contributed by atoms with Gasteiger partial charge in [-0.15, -0.1) is 0 Å². The lowest BCUT2D eigenvalue weighted by molar-refractivity contribution is -0.604. The number of fused-ring (bicyclic) bond motifs is 1. The van der Waals surface area contributed by atoms with E-state index in [9.17, 15) is 5.11 Å². The summed E-state index contributed by atoms with van der Waals surface area (Å²) in [4.78, 5) is 0. The summed E-state index contributed by atoms with van der Waals surface area (Å²) in [6.45, 7) is 4.05. The number of aromatic nitrogens is 1. The van der Waals surface area contributed by atoms with E-state index in [1.165, 1.54) is 0 Å². The molecule has 0 bridgehead atoms. The summed E-state index contributed by atoms with van der Waals surface area (Å²) >= 11 is 3.46. The fraction of sp³-hybridized carbons (Fsp3) is 0.167. The van der Waals surface area contributed by atoms with E-state index in [0.29, 0.717) is 0 Å². The van der Waals surface area contributed by atoms with E-state index in [4.69, 9.17) is 4.74 Å². The summed E-state index contributed by atoms with van der Waals surface area (Å²) in [5.74, 6) is 1.02. The minimum absolute atomic E-state index is 0.259. The molecule has 1 heterocycles. The monoisotopic (exact) mass is 358 g/mol. The van der Waals surface area contributed by atoms with Crippen LogP contribution in [-0.2, 0) is 0 Å². The number of nitrogens with zero attached hydrogens (tertiary/aromatic N) is 1. The number of aromatic hydroxyl groups is 1. The quantitative estimate of drug-likeness (QED) is 0.697. The molecule has 0 unspecified atom stereocenters. The second-order valence-corrected chi connectivity index (χ2v) is 6.13. The highest BCUT2D eigenvalue weighted by Crippen LogP contribution is 2.41. The third-order valence-electron chi connectivity index (χ3n) is 3.95. The van der Waals surface area contributed by atoms with Crippen molar-refractivity contribution < 1.29 is 14.4 Å². The first-order valence-corrected chi connectivity index (χ1v) is 7.80. The number of halogens is 1. The molecule has 0 spiro atoms. The van der Waals surface area contributed by atoms with Gasteiger partial charge in [-0.05, 0) is 24.3 Å². The maximum absolute atomic E-state index is 10.4. The molecule has 112 valence electrons. The van der Waals surface area contributed by atoms with E-state index in [-0.39, 0.29) is 5.75 Å². The Bertz CT molecular complexity index is 812. The molecular weight excluding hydrogens is 342 g/mol. The number of hydrogen-bond acceptors (Lipinski definition) is 2. The van der Waals surface area contributed by atoms with E-state index in [2.05, 4.69) is 20.5 Å². The highest BCUT2D eigenvalue weighted by atomic mass is 79.9. The lowest BCUT2D eigenvalue weighted by Gasteiger charge is -2.01. The van der Waals surface area contributed by atoms with Crippen molar-refractivity contribution in [2.75, 3.05) is 7.11 Å². The summed E-state index contributed by atoms with van der Waals surface area (Å²) < 4.78 is 8.69. The second kappa shape index (κ2) is 5.61. The van der Waals surface area contributed by atoms with Crippen LogP contribution in [0, 0.1) is 13.8 Å². The van der Waals surface area contributed by atoms with Gasteiger partial charge in [-0.2, -0.15) is 4.57 Å². The molecule has 0 fully saturated rings. The van der Waals surface area contributed by atoms with Crippen molar-refractivity contribution in [3.63, 3.8) is 0 Å². The van der Waals surface area contributed by atoms with Crippen LogP contribution in [0.3, 0.4) is 0 Å². The Morgan fingerprint density at radius 3 is 2.23 bits per heavy atom. The molecule has 1 aromatic rings. The summed E-state index contributed by atoms with van der Waals surface area (Å²) in [6, 6.07) is 13.5. The number of ether oxygens (including phenoxy) is 1. The molecule has 0 amide bonds. The van der Waals surface area contributed by atoms with Crippen molar-refractivity contribution in [2.45, 2.75) is 13.8 Å². The molecular formula is C18H17BrNO2+. The van der Waals surface area contributed by atoms with Crippen LogP contribution >= 0.6 is 15.9 Å². The van der Waals surface area contributed by atoms with Gasteiger partial charge in [0.05, 0.1) is 7.11 Å². The normalized spacial score (nSPS) is 10.9. The van der Waals surface area contributed by atoms with Crippen LogP contribution in [0.1, 0.15) is 11.4 Å². The highest BCUT2D eigenvalue weighted by Gasteiger charge is 2.32. The molecule has 1 aliphatic heterocycles. The van der Waals surface area contributed by atoms with Gasteiger partial charge >= 0.3 is 0 Å². The van der Waals surface area contributed by atoms with Crippen LogP contribution in [0.4, 0.5) is 0 Å². The molecule has 2 aliphatic rings. The van der Waals surface area contributed by atoms with Gasteiger partial charge in [-0.1, -0.05) is 22.0 Å². The Morgan fingerprint density at radius 2 is 1.59 bits per heavy atom. The van der Waals surface area contributed by atoms with Crippen molar-refractivity contribution in [3.05, 3.63) is 58.3 Å². The predicted molar refractivity (Wildman–Crippen MR) is 90.0 cm³/mol. The molecule has 0 radical (unpaired) electrons. The maximum Gasteiger partial charge on any atom is 0.211 e. The molecule has 4 heteroatoms. The zero-order valence-corrected chi connectivity index (χ0v) is 14.3. The summed E-state index contributed by atoms with van der Waals surface area (Å²) in [5.41, 5.74) is 4.84.